The molecule has 0 fully saturated rings. The van der Waals surface area contributed by atoms with Crippen LogP contribution in [0.1, 0.15) is 13.8 Å². The van der Waals surface area contributed by atoms with Crippen molar-refractivity contribution in [3.8, 4) is 0 Å². The van der Waals surface area contributed by atoms with E-state index in [9.17, 15) is 9.18 Å². The third-order valence-corrected chi connectivity index (χ3v) is 1.64. The first-order valence-electron chi connectivity index (χ1n) is 4.16. The van der Waals surface area contributed by atoms with Crippen LogP contribution in [0.25, 0.3) is 0 Å². The maximum Gasteiger partial charge on any atom is 0.239 e. The van der Waals surface area contributed by atoms with Gasteiger partial charge < -0.3 is 10.6 Å². The first-order valence-corrected chi connectivity index (χ1v) is 4.54. The minimum absolute atomic E-state index is 0.0103. The molecule has 0 saturated heterocycles. The SMILES string of the molecule is C=C(Cl)NCC(=O)NC(C)/C(F)=C\C. The Bertz CT molecular complexity index is 253. The molecule has 0 bridgehead atoms. The smallest absolute Gasteiger partial charge is 0.239 e. The molecule has 5 heteroatoms. The summed E-state index contributed by atoms with van der Waals surface area (Å²) < 4.78 is 12.9. The first kappa shape index (κ1) is 13.0. The third kappa shape index (κ3) is 5.59. The molecule has 0 radical (unpaired) electrons. The summed E-state index contributed by atoms with van der Waals surface area (Å²) in [6, 6.07) is -0.613. The number of nitrogens with one attached hydrogen (secondary N) is 2. The van der Waals surface area contributed by atoms with Gasteiger partial charge in [0.05, 0.1) is 17.7 Å². The molecule has 0 aromatic rings. The Balaban J connectivity index is 3.89. The molecule has 1 amide bonds. The molecule has 0 aliphatic heterocycles. The zero-order chi connectivity index (χ0) is 11.1. The first-order chi connectivity index (χ1) is 6.47. The minimum Gasteiger partial charge on any atom is -0.367 e. The Morgan fingerprint density at radius 1 is 1.71 bits per heavy atom. The molecule has 0 saturated carbocycles. The van der Waals surface area contributed by atoms with Gasteiger partial charge in [-0.3, -0.25) is 4.79 Å². The van der Waals surface area contributed by atoms with E-state index in [4.69, 9.17) is 11.6 Å². The third-order valence-electron chi connectivity index (χ3n) is 1.51. The van der Waals surface area contributed by atoms with Crippen LogP contribution in [0.5, 0.6) is 0 Å². The molecule has 0 aromatic heterocycles. The standard InChI is InChI=1S/C9H14ClFN2O/c1-4-8(11)6(2)13-9(14)5-12-7(3)10/h4,6,12H,3,5H2,1-2H3,(H,13,14)/b8-4+. The van der Waals surface area contributed by atoms with Crippen LogP contribution in [0, 0.1) is 0 Å². The van der Waals surface area contributed by atoms with Gasteiger partial charge in [0.25, 0.3) is 0 Å². The van der Waals surface area contributed by atoms with Gasteiger partial charge in [0.1, 0.15) is 5.83 Å². The van der Waals surface area contributed by atoms with Gasteiger partial charge in [0.2, 0.25) is 5.91 Å². The van der Waals surface area contributed by atoms with E-state index in [1.54, 1.807) is 13.8 Å². The van der Waals surface area contributed by atoms with Crippen molar-refractivity contribution >= 4 is 17.5 Å². The Morgan fingerprint density at radius 3 is 2.71 bits per heavy atom. The van der Waals surface area contributed by atoms with Crippen LogP contribution in [-0.4, -0.2) is 18.5 Å². The average Bonchev–Trinajstić information content (AvgIpc) is 2.13. The lowest BCUT2D eigenvalue weighted by atomic mass is 10.3. The summed E-state index contributed by atoms with van der Waals surface area (Å²) in [7, 11) is 0. The maximum atomic E-state index is 12.9. The van der Waals surface area contributed by atoms with Crippen molar-refractivity contribution < 1.29 is 9.18 Å². The van der Waals surface area contributed by atoms with E-state index >= 15 is 0 Å². The molecule has 0 aliphatic carbocycles. The van der Waals surface area contributed by atoms with Crippen LogP contribution >= 0.6 is 11.6 Å². The molecule has 3 nitrogen and oxygen atoms in total. The summed E-state index contributed by atoms with van der Waals surface area (Å²) in [5.41, 5.74) is 0. The molecule has 2 N–H and O–H groups in total. The van der Waals surface area contributed by atoms with Crippen molar-refractivity contribution in [1.82, 2.24) is 10.6 Å². The summed E-state index contributed by atoms with van der Waals surface area (Å²) in [6.45, 7) is 6.46. The summed E-state index contributed by atoms with van der Waals surface area (Å²) in [5, 5.41) is 5.15. The van der Waals surface area contributed by atoms with Gasteiger partial charge in [-0.25, -0.2) is 4.39 Å². The molecule has 0 aromatic carbocycles. The van der Waals surface area contributed by atoms with Gasteiger partial charge >= 0.3 is 0 Å². The predicted octanol–water partition coefficient (Wildman–Crippen LogP) is 1.66. The lowest BCUT2D eigenvalue weighted by molar-refractivity contribution is -0.120. The molecule has 0 rings (SSSR count). The van der Waals surface area contributed by atoms with E-state index in [2.05, 4.69) is 17.2 Å². The number of halogens is 2. The average molecular weight is 221 g/mol. The van der Waals surface area contributed by atoms with Crippen molar-refractivity contribution in [3.05, 3.63) is 23.6 Å². The zero-order valence-corrected chi connectivity index (χ0v) is 8.99. The lowest BCUT2D eigenvalue weighted by Crippen LogP contribution is -2.38. The number of rotatable bonds is 5. The topological polar surface area (TPSA) is 41.1 Å². The minimum atomic E-state index is -0.613. The van der Waals surface area contributed by atoms with E-state index in [0.717, 1.165) is 0 Å². The number of hydrogen-bond donors (Lipinski definition) is 2. The molecule has 14 heavy (non-hydrogen) atoms. The largest absolute Gasteiger partial charge is 0.367 e. The molecule has 0 aliphatic rings. The highest BCUT2D eigenvalue weighted by Crippen LogP contribution is 2.02. The number of amides is 1. The van der Waals surface area contributed by atoms with Crippen molar-refractivity contribution in [3.63, 3.8) is 0 Å². The summed E-state index contributed by atoms with van der Waals surface area (Å²) in [6.07, 6.45) is 1.30. The monoisotopic (exact) mass is 220 g/mol. The predicted molar refractivity (Wildman–Crippen MR) is 55.5 cm³/mol. The highest BCUT2D eigenvalue weighted by molar-refractivity contribution is 6.28. The fourth-order valence-corrected chi connectivity index (χ4v) is 0.854. The molecule has 80 valence electrons. The number of allylic oxidation sites excluding steroid dienone is 1. The lowest BCUT2D eigenvalue weighted by Gasteiger charge is -2.12. The van der Waals surface area contributed by atoms with E-state index in [1.807, 2.05) is 0 Å². The van der Waals surface area contributed by atoms with E-state index < -0.39 is 6.04 Å². The second-order valence-corrected chi connectivity index (χ2v) is 3.18. The van der Waals surface area contributed by atoms with Crippen molar-refractivity contribution in [1.29, 1.82) is 0 Å². The molecule has 0 spiro atoms. The van der Waals surface area contributed by atoms with Gasteiger partial charge in [-0.05, 0) is 13.8 Å². The Morgan fingerprint density at radius 2 is 2.29 bits per heavy atom. The van der Waals surface area contributed by atoms with E-state index in [1.165, 1.54) is 6.08 Å². The second kappa shape index (κ2) is 6.43. The molecule has 1 atom stereocenters. The number of carbonyl (C=O) groups is 1. The summed E-state index contributed by atoms with van der Waals surface area (Å²) >= 11 is 5.38. The Labute approximate surface area is 88.0 Å². The Kier molecular flexibility index (Phi) is 5.95. The van der Waals surface area contributed by atoms with E-state index in [0.29, 0.717) is 0 Å². The normalized spacial score (nSPS) is 13.3. The molecular formula is C9H14ClFN2O. The van der Waals surface area contributed by atoms with Crippen LogP contribution in [0.4, 0.5) is 4.39 Å². The van der Waals surface area contributed by atoms with Gasteiger partial charge in [-0.1, -0.05) is 24.3 Å². The quantitative estimate of drug-likeness (QED) is 0.692. The van der Waals surface area contributed by atoms with Gasteiger partial charge in [0, 0.05) is 0 Å². The zero-order valence-electron chi connectivity index (χ0n) is 8.23. The van der Waals surface area contributed by atoms with Gasteiger partial charge in [-0.15, -0.1) is 0 Å². The molecule has 1 unspecified atom stereocenters. The highest BCUT2D eigenvalue weighted by atomic mass is 35.5. The number of hydrogen-bond acceptors (Lipinski definition) is 2. The number of carbonyl (C=O) groups excluding carboxylic acids is 1. The molecular weight excluding hydrogens is 207 g/mol. The Hall–Kier alpha value is -1.03. The van der Waals surface area contributed by atoms with Crippen molar-refractivity contribution in [2.75, 3.05) is 6.54 Å². The van der Waals surface area contributed by atoms with E-state index in [-0.39, 0.29) is 23.4 Å². The van der Waals surface area contributed by atoms with Crippen LogP contribution in [-0.2, 0) is 4.79 Å². The fraction of sp³-hybridized carbons (Fsp3) is 0.444. The van der Waals surface area contributed by atoms with Crippen LogP contribution in [0.2, 0.25) is 0 Å². The van der Waals surface area contributed by atoms with Crippen LogP contribution < -0.4 is 10.6 Å². The van der Waals surface area contributed by atoms with Crippen LogP contribution in [0.15, 0.2) is 23.6 Å². The maximum absolute atomic E-state index is 12.9. The molecule has 0 heterocycles. The second-order valence-electron chi connectivity index (χ2n) is 2.72. The fourth-order valence-electron chi connectivity index (χ4n) is 0.788. The van der Waals surface area contributed by atoms with Crippen LogP contribution in [0.3, 0.4) is 0 Å². The van der Waals surface area contributed by atoms with Crippen molar-refractivity contribution in [2.45, 2.75) is 19.9 Å². The van der Waals surface area contributed by atoms with Crippen molar-refractivity contribution in [2.24, 2.45) is 0 Å². The van der Waals surface area contributed by atoms with Gasteiger partial charge in [0.15, 0.2) is 0 Å². The van der Waals surface area contributed by atoms with Gasteiger partial charge in [-0.2, -0.15) is 0 Å². The summed E-state index contributed by atoms with van der Waals surface area (Å²) in [5.74, 6) is -0.709. The highest BCUT2D eigenvalue weighted by Gasteiger charge is 2.10. The summed E-state index contributed by atoms with van der Waals surface area (Å²) in [4.78, 5) is 11.1.